The Kier molecular flexibility index (Phi) is 6.16. The lowest BCUT2D eigenvalue weighted by atomic mass is 10.0. The third-order valence-corrected chi connectivity index (χ3v) is 4.01. The molecule has 1 unspecified atom stereocenters. The number of pyridine rings is 1. The van der Waals surface area contributed by atoms with Crippen molar-refractivity contribution in [1.29, 1.82) is 5.26 Å². The minimum Gasteiger partial charge on any atom is -0.315 e. The van der Waals surface area contributed by atoms with Crippen LogP contribution < -0.4 is 5.32 Å². The number of piperidine rings is 1. The van der Waals surface area contributed by atoms with Crippen molar-refractivity contribution in [3.8, 4) is 6.07 Å². The Balaban J connectivity index is 1.93. The van der Waals surface area contributed by atoms with Crippen LogP contribution in [0.4, 0.5) is 0 Å². The summed E-state index contributed by atoms with van der Waals surface area (Å²) >= 11 is 0. The summed E-state index contributed by atoms with van der Waals surface area (Å²) in [7, 11) is 0. The van der Waals surface area contributed by atoms with Gasteiger partial charge < -0.3 is 5.32 Å². The summed E-state index contributed by atoms with van der Waals surface area (Å²) in [4.78, 5) is 6.60. The number of hydrogen-bond acceptors (Lipinski definition) is 4. The molecule has 1 saturated heterocycles. The van der Waals surface area contributed by atoms with Gasteiger partial charge in [0.15, 0.2) is 0 Å². The number of nitrogens with one attached hydrogen (secondary N) is 1. The van der Waals surface area contributed by atoms with E-state index in [1.165, 1.54) is 24.8 Å². The second kappa shape index (κ2) is 8.11. The number of rotatable bonds is 6. The second-order valence-corrected chi connectivity index (χ2v) is 6.33. The quantitative estimate of drug-likeness (QED) is 0.873. The molecule has 21 heavy (non-hydrogen) atoms. The SMILES string of the molecule is CC(C)CNCC1CCCCN1Cc1ccnc(C#N)c1. The van der Waals surface area contributed by atoms with E-state index in [0.29, 0.717) is 17.7 Å². The first-order valence-electron chi connectivity index (χ1n) is 7.99. The number of nitriles is 1. The Bertz CT molecular complexity index is 478. The molecule has 1 aromatic rings. The topological polar surface area (TPSA) is 52.0 Å². The van der Waals surface area contributed by atoms with E-state index in [2.05, 4.69) is 35.1 Å². The molecule has 2 rings (SSSR count). The van der Waals surface area contributed by atoms with Crippen molar-refractivity contribution in [2.45, 2.75) is 45.7 Å². The van der Waals surface area contributed by atoms with Gasteiger partial charge in [-0.3, -0.25) is 4.90 Å². The van der Waals surface area contributed by atoms with Gasteiger partial charge in [0.2, 0.25) is 0 Å². The lowest BCUT2D eigenvalue weighted by molar-refractivity contribution is 0.137. The smallest absolute Gasteiger partial charge is 0.140 e. The van der Waals surface area contributed by atoms with E-state index in [-0.39, 0.29) is 0 Å². The molecule has 1 atom stereocenters. The van der Waals surface area contributed by atoms with Crippen LogP contribution in [0.3, 0.4) is 0 Å². The van der Waals surface area contributed by atoms with E-state index in [1.807, 2.05) is 12.1 Å². The molecule has 0 saturated carbocycles. The van der Waals surface area contributed by atoms with Crippen molar-refractivity contribution >= 4 is 0 Å². The van der Waals surface area contributed by atoms with Gasteiger partial charge in [0.1, 0.15) is 11.8 Å². The van der Waals surface area contributed by atoms with E-state index in [1.54, 1.807) is 6.20 Å². The molecule has 0 spiro atoms. The van der Waals surface area contributed by atoms with Gasteiger partial charge in [0.05, 0.1) is 0 Å². The molecule has 2 heterocycles. The molecule has 0 aliphatic carbocycles. The Morgan fingerprint density at radius 1 is 1.48 bits per heavy atom. The molecule has 1 aliphatic rings. The van der Waals surface area contributed by atoms with Gasteiger partial charge in [0.25, 0.3) is 0 Å². The summed E-state index contributed by atoms with van der Waals surface area (Å²) < 4.78 is 0. The van der Waals surface area contributed by atoms with Crippen LogP contribution >= 0.6 is 0 Å². The van der Waals surface area contributed by atoms with Crippen LogP contribution in [0.25, 0.3) is 0 Å². The first kappa shape index (κ1) is 15.9. The minimum absolute atomic E-state index is 0.513. The van der Waals surface area contributed by atoms with Gasteiger partial charge in [-0.05, 0) is 49.5 Å². The van der Waals surface area contributed by atoms with Crippen LogP contribution in [0, 0.1) is 17.2 Å². The van der Waals surface area contributed by atoms with Crippen LogP contribution in [0.5, 0.6) is 0 Å². The summed E-state index contributed by atoms with van der Waals surface area (Å²) in [5, 5.41) is 12.5. The standard InChI is InChI=1S/C17H26N4/c1-14(2)11-19-12-17-5-3-4-8-21(17)13-15-6-7-20-16(9-15)10-18/h6-7,9,14,17,19H,3-5,8,11-13H2,1-2H3. The molecule has 0 aromatic carbocycles. The first-order valence-corrected chi connectivity index (χ1v) is 7.99. The van der Waals surface area contributed by atoms with Gasteiger partial charge >= 0.3 is 0 Å². The molecular weight excluding hydrogens is 260 g/mol. The van der Waals surface area contributed by atoms with Crippen molar-refractivity contribution in [3.63, 3.8) is 0 Å². The fourth-order valence-electron chi connectivity index (χ4n) is 2.91. The average molecular weight is 286 g/mol. The Morgan fingerprint density at radius 2 is 2.33 bits per heavy atom. The zero-order valence-corrected chi connectivity index (χ0v) is 13.2. The third kappa shape index (κ3) is 5.11. The Morgan fingerprint density at radius 3 is 3.10 bits per heavy atom. The van der Waals surface area contributed by atoms with Crippen molar-refractivity contribution in [2.24, 2.45) is 5.92 Å². The van der Waals surface area contributed by atoms with Gasteiger partial charge in [0, 0.05) is 25.3 Å². The van der Waals surface area contributed by atoms with Crippen molar-refractivity contribution < 1.29 is 0 Å². The van der Waals surface area contributed by atoms with Gasteiger partial charge in [-0.1, -0.05) is 20.3 Å². The van der Waals surface area contributed by atoms with Crippen molar-refractivity contribution in [3.05, 3.63) is 29.6 Å². The molecule has 4 heteroatoms. The fraction of sp³-hybridized carbons (Fsp3) is 0.647. The number of likely N-dealkylation sites (tertiary alicyclic amines) is 1. The molecule has 1 fully saturated rings. The fourth-order valence-corrected chi connectivity index (χ4v) is 2.91. The molecule has 114 valence electrons. The first-order chi connectivity index (χ1) is 10.2. The molecule has 0 amide bonds. The van der Waals surface area contributed by atoms with Gasteiger partial charge in [-0.2, -0.15) is 5.26 Å². The lowest BCUT2D eigenvalue weighted by Crippen LogP contribution is -2.45. The zero-order valence-electron chi connectivity index (χ0n) is 13.2. The predicted molar refractivity (Wildman–Crippen MR) is 84.7 cm³/mol. The molecule has 0 radical (unpaired) electrons. The Hall–Kier alpha value is -1.44. The van der Waals surface area contributed by atoms with E-state index >= 15 is 0 Å². The maximum absolute atomic E-state index is 8.95. The highest BCUT2D eigenvalue weighted by atomic mass is 15.2. The lowest BCUT2D eigenvalue weighted by Gasteiger charge is -2.36. The summed E-state index contributed by atoms with van der Waals surface area (Å²) in [5.74, 6) is 0.695. The van der Waals surface area contributed by atoms with Crippen LogP contribution in [-0.4, -0.2) is 35.6 Å². The van der Waals surface area contributed by atoms with E-state index in [0.717, 1.165) is 26.2 Å². The van der Waals surface area contributed by atoms with Crippen LogP contribution in [0.15, 0.2) is 18.3 Å². The zero-order chi connectivity index (χ0) is 15.1. The monoisotopic (exact) mass is 286 g/mol. The molecule has 1 aromatic heterocycles. The summed E-state index contributed by atoms with van der Waals surface area (Å²) in [5.41, 5.74) is 1.70. The van der Waals surface area contributed by atoms with Gasteiger partial charge in [-0.25, -0.2) is 4.98 Å². The average Bonchev–Trinajstić information content (AvgIpc) is 2.49. The number of aromatic nitrogens is 1. The van der Waals surface area contributed by atoms with Crippen LogP contribution in [-0.2, 0) is 6.54 Å². The predicted octanol–water partition coefficient (Wildman–Crippen LogP) is 2.55. The maximum atomic E-state index is 8.95. The summed E-state index contributed by atoms with van der Waals surface area (Å²) in [6.07, 6.45) is 5.60. The van der Waals surface area contributed by atoms with Crippen molar-refractivity contribution in [1.82, 2.24) is 15.2 Å². The molecule has 1 N–H and O–H groups in total. The number of hydrogen-bond donors (Lipinski definition) is 1. The molecule has 0 bridgehead atoms. The maximum Gasteiger partial charge on any atom is 0.140 e. The Labute approximate surface area is 128 Å². The highest BCUT2D eigenvalue weighted by Gasteiger charge is 2.22. The van der Waals surface area contributed by atoms with Crippen LogP contribution in [0.2, 0.25) is 0 Å². The normalized spacial score (nSPS) is 19.6. The van der Waals surface area contributed by atoms with Crippen molar-refractivity contribution in [2.75, 3.05) is 19.6 Å². The minimum atomic E-state index is 0.513. The van der Waals surface area contributed by atoms with E-state index in [9.17, 15) is 0 Å². The molecule has 4 nitrogen and oxygen atoms in total. The van der Waals surface area contributed by atoms with Gasteiger partial charge in [-0.15, -0.1) is 0 Å². The van der Waals surface area contributed by atoms with Crippen LogP contribution in [0.1, 0.15) is 44.4 Å². The molecule has 1 aliphatic heterocycles. The number of nitrogens with zero attached hydrogens (tertiary/aromatic N) is 3. The summed E-state index contributed by atoms with van der Waals surface area (Å²) in [6, 6.07) is 6.66. The largest absolute Gasteiger partial charge is 0.315 e. The highest BCUT2D eigenvalue weighted by molar-refractivity contribution is 5.25. The molecular formula is C17H26N4. The highest BCUT2D eigenvalue weighted by Crippen LogP contribution is 2.19. The van der Waals surface area contributed by atoms with E-state index < -0.39 is 0 Å². The summed E-state index contributed by atoms with van der Waals surface area (Å²) in [6.45, 7) is 8.70. The van der Waals surface area contributed by atoms with E-state index in [4.69, 9.17) is 5.26 Å². The second-order valence-electron chi connectivity index (χ2n) is 6.33. The third-order valence-electron chi connectivity index (χ3n) is 4.01.